The molecule has 0 bridgehead atoms. The van der Waals surface area contributed by atoms with Crippen molar-refractivity contribution in [3.8, 4) is 5.75 Å². The van der Waals surface area contributed by atoms with Crippen LogP contribution in [0.3, 0.4) is 0 Å². The molecule has 0 aliphatic carbocycles. The van der Waals surface area contributed by atoms with Gasteiger partial charge in [0.1, 0.15) is 11.4 Å². The van der Waals surface area contributed by atoms with E-state index in [4.69, 9.17) is 4.74 Å². The highest BCUT2D eigenvalue weighted by Crippen LogP contribution is 2.39. The van der Waals surface area contributed by atoms with Crippen molar-refractivity contribution in [2.75, 3.05) is 31.7 Å². The molecule has 0 radical (unpaired) electrons. The normalized spacial score (nSPS) is 19.5. The van der Waals surface area contributed by atoms with Crippen LogP contribution < -0.4 is 9.64 Å². The summed E-state index contributed by atoms with van der Waals surface area (Å²) in [7, 11) is 1.56. The van der Waals surface area contributed by atoms with Crippen LogP contribution in [0.2, 0.25) is 0 Å². The number of piperidine rings is 1. The molecule has 1 fully saturated rings. The van der Waals surface area contributed by atoms with Crippen molar-refractivity contribution in [2.45, 2.75) is 39.0 Å². The molecule has 6 heteroatoms. The predicted octanol–water partition coefficient (Wildman–Crippen LogP) is 3.98. The second-order valence-electron chi connectivity index (χ2n) is 9.80. The maximum absolute atomic E-state index is 13.8. The first kappa shape index (κ1) is 23.1. The van der Waals surface area contributed by atoms with Crippen molar-refractivity contribution >= 4 is 23.1 Å². The Kier molecular flexibility index (Phi) is 6.30. The van der Waals surface area contributed by atoms with E-state index in [1.54, 1.807) is 13.2 Å². The minimum Gasteiger partial charge on any atom is -0.496 e. The molecule has 1 atom stereocenters. The average Bonchev–Trinajstić information content (AvgIpc) is 3.08. The number of hydrogen-bond acceptors (Lipinski definition) is 5. The Morgan fingerprint density at radius 1 is 1.03 bits per heavy atom. The smallest absolute Gasteiger partial charge is 0.282 e. The number of amides is 2. The molecule has 0 saturated carbocycles. The number of anilines is 1. The van der Waals surface area contributed by atoms with E-state index in [0.717, 1.165) is 18.4 Å². The van der Waals surface area contributed by atoms with Crippen molar-refractivity contribution in [3.05, 3.63) is 65.4 Å². The van der Waals surface area contributed by atoms with Crippen LogP contribution in [0, 0.1) is 5.92 Å². The molecule has 1 N–H and O–H groups in total. The molecule has 4 rings (SSSR count). The summed E-state index contributed by atoms with van der Waals surface area (Å²) >= 11 is 0. The summed E-state index contributed by atoms with van der Waals surface area (Å²) < 4.78 is 5.54. The van der Waals surface area contributed by atoms with Crippen LogP contribution in [0.5, 0.6) is 5.75 Å². The van der Waals surface area contributed by atoms with Crippen LogP contribution in [-0.4, -0.2) is 48.6 Å². The highest BCUT2D eigenvalue weighted by atomic mass is 16.5. The van der Waals surface area contributed by atoms with Crippen LogP contribution >= 0.6 is 0 Å². The van der Waals surface area contributed by atoms with Gasteiger partial charge in [-0.25, -0.2) is 4.90 Å². The molecule has 2 aromatic rings. The minimum absolute atomic E-state index is 0.0311. The first-order valence-electron chi connectivity index (χ1n) is 11.5. The first-order valence-corrected chi connectivity index (χ1v) is 11.5. The van der Waals surface area contributed by atoms with Gasteiger partial charge in [0.15, 0.2) is 0 Å². The highest BCUT2D eigenvalue weighted by molar-refractivity contribution is 6.45. The number of aliphatic hydroxyl groups is 1. The Bertz CT molecular complexity index is 1080. The van der Waals surface area contributed by atoms with E-state index >= 15 is 0 Å². The monoisotopic (exact) mass is 448 g/mol. The van der Waals surface area contributed by atoms with Crippen LogP contribution in [0.25, 0.3) is 5.57 Å². The lowest BCUT2D eigenvalue weighted by Gasteiger charge is -2.34. The topological polar surface area (TPSA) is 70.1 Å². The van der Waals surface area contributed by atoms with Crippen LogP contribution in [0.1, 0.15) is 44.7 Å². The molecule has 2 aliphatic heterocycles. The van der Waals surface area contributed by atoms with E-state index in [-0.39, 0.29) is 29.8 Å². The lowest BCUT2D eigenvalue weighted by atomic mass is 9.87. The second-order valence-corrected chi connectivity index (χ2v) is 9.80. The zero-order chi connectivity index (χ0) is 23.8. The van der Waals surface area contributed by atoms with Gasteiger partial charge in [-0.05, 0) is 47.9 Å². The maximum Gasteiger partial charge on any atom is 0.282 e. The molecular formula is C27H32N2O4. The molecule has 2 aliphatic rings. The summed E-state index contributed by atoms with van der Waals surface area (Å²) in [5.41, 5.74) is 3.00. The van der Waals surface area contributed by atoms with Crippen molar-refractivity contribution < 1.29 is 19.4 Å². The van der Waals surface area contributed by atoms with Gasteiger partial charge in [-0.2, -0.15) is 0 Å². The first-order chi connectivity index (χ1) is 15.8. The molecule has 2 amide bonds. The molecule has 2 aromatic carbocycles. The van der Waals surface area contributed by atoms with E-state index in [0.29, 0.717) is 41.4 Å². The molecule has 6 nitrogen and oxygen atoms in total. The number of methoxy groups -OCH3 is 1. The van der Waals surface area contributed by atoms with Crippen molar-refractivity contribution in [2.24, 2.45) is 5.92 Å². The number of rotatable bonds is 5. The summed E-state index contributed by atoms with van der Waals surface area (Å²) in [5, 5.41) is 9.73. The summed E-state index contributed by atoms with van der Waals surface area (Å²) in [5.74, 6) is -0.0582. The number of aliphatic hydroxyl groups excluding tert-OH is 1. The molecule has 1 saturated heterocycles. The summed E-state index contributed by atoms with van der Waals surface area (Å²) in [6, 6.07) is 14.9. The number of benzene rings is 2. The Balaban J connectivity index is 1.81. The SMILES string of the molecule is COc1ccccc1C1=C(N2CCCC(CO)C2)C(=O)N(c2ccc(C(C)(C)C)cc2)C1=O. The second kappa shape index (κ2) is 9.02. The van der Waals surface area contributed by atoms with Crippen molar-refractivity contribution in [3.63, 3.8) is 0 Å². The van der Waals surface area contributed by atoms with Crippen molar-refractivity contribution in [1.82, 2.24) is 4.90 Å². The average molecular weight is 449 g/mol. The fourth-order valence-corrected chi connectivity index (χ4v) is 4.67. The van der Waals surface area contributed by atoms with Crippen LogP contribution in [0.4, 0.5) is 5.69 Å². The molecule has 33 heavy (non-hydrogen) atoms. The zero-order valence-corrected chi connectivity index (χ0v) is 19.8. The lowest BCUT2D eigenvalue weighted by Crippen LogP contribution is -2.40. The van der Waals surface area contributed by atoms with Gasteiger partial charge in [0.05, 0.1) is 18.4 Å². The van der Waals surface area contributed by atoms with E-state index < -0.39 is 0 Å². The van der Waals surface area contributed by atoms with Gasteiger partial charge in [0, 0.05) is 25.3 Å². The summed E-state index contributed by atoms with van der Waals surface area (Å²) in [6.07, 6.45) is 1.76. The van der Waals surface area contributed by atoms with Gasteiger partial charge in [-0.15, -0.1) is 0 Å². The third-order valence-corrected chi connectivity index (χ3v) is 6.52. The molecular weight excluding hydrogens is 416 g/mol. The van der Waals surface area contributed by atoms with Crippen LogP contribution in [-0.2, 0) is 15.0 Å². The molecule has 0 spiro atoms. The number of nitrogens with zero attached hydrogens (tertiary/aromatic N) is 2. The number of likely N-dealkylation sites (tertiary alicyclic amines) is 1. The maximum atomic E-state index is 13.8. The lowest BCUT2D eigenvalue weighted by molar-refractivity contribution is -0.120. The molecule has 0 aromatic heterocycles. The van der Waals surface area contributed by atoms with Crippen molar-refractivity contribution in [1.29, 1.82) is 0 Å². The Morgan fingerprint density at radius 2 is 1.73 bits per heavy atom. The van der Waals surface area contributed by atoms with E-state index in [1.807, 2.05) is 47.4 Å². The summed E-state index contributed by atoms with van der Waals surface area (Å²) in [6.45, 7) is 7.65. The number of hydrogen-bond donors (Lipinski definition) is 1. The van der Waals surface area contributed by atoms with Crippen LogP contribution in [0.15, 0.2) is 54.2 Å². The molecule has 2 heterocycles. The van der Waals surface area contributed by atoms with Gasteiger partial charge in [0.2, 0.25) is 0 Å². The van der Waals surface area contributed by atoms with Gasteiger partial charge in [-0.3, -0.25) is 9.59 Å². The Hall–Kier alpha value is -3.12. The van der Waals surface area contributed by atoms with Gasteiger partial charge < -0.3 is 14.7 Å². The Labute approximate surface area is 195 Å². The number of carbonyl (C=O) groups excluding carboxylic acids is 2. The van der Waals surface area contributed by atoms with Gasteiger partial charge in [0.25, 0.3) is 11.8 Å². The minimum atomic E-state index is -0.353. The summed E-state index contributed by atoms with van der Waals surface area (Å²) in [4.78, 5) is 30.8. The standard InChI is InChI=1S/C27H32N2O4/c1-27(2,3)19-11-13-20(14-12-19)29-25(31)23(21-9-5-6-10-22(21)33-4)24(26(29)32)28-15-7-8-18(16-28)17-30/h5-6,9-14,18,30H,7-8,15-17H2,1-4H3. The highest BCUT2D eigenvalue weighted by Gasteiger charge is 2.44. The Morgan fingerprint density at radius 3 is 2.36 bits per heavy atom. The largest absolute Gasteiger partial charge is 0.496 e. The van der Waals surface area contributed by atoms with Gasteiger partial charge in [-0.1, -0.05) is 51.1 Å². The molecule has 1 unspecified atom stereocenters. The van der Waals surface area contributed by atoms with Gasteiger partial charge >= 0.3 is 0 Å². The fourth-order valence-electron chi connectivity index (χ4n) is 4.67. The zero-order valence-electron chi connectivity index (χ0n) is 19.8. The third-order valence-electron chi connectivity index (χ3n) is 6.52. The third kappa shape index (κ3) is 4.27. The number of para-hydroxylation sites is 1. The predicted molar refractivity (Wildman–Crippen MR) is 129 cm³/mol. The van der Waals surface area contributed by atoms with E-state index in [1.165, 1.54) is 4.90 Å². The molecule has 174 valence electrons. The van der Waals surface area contributed by atoms with E-state index in [2.05, 4.69) is 20.8 Å². The quantitative estimate of drug-likeness (QED) is 0.701. The van der Waals surface area contributed by atoms with E-state index in [9.17, 15) is 14.7 Å². The fraction of sp³-hybridized carbons (Fsp3) is 0.407. The number of carbonyl (C=O) groups is 2. The number of ether oxygens (including phenoxy) is 1. The number of imide groups is 1.